The molecule has 3 heteroatoms. The molecule has 18 heavy (non-hydrogen) atoms. The van der Waals surface area contributed by atoms with Gasteiger partial charge in [0.1, 0.15) is 11.6 Å². The molecule has 94 valence electrons. The highest BCUT2D eigenvalue weighted by Crippen LogP contribution is 2.16. The molecular weight excluding hydrogens is 251 g/mol. The smallest absolute Gasteiger partial charge is 0.126 e. The largest absolute Gasteiger partial charge is 0.493 e. The van der Waals surface area contributed by atoms with Crippen LogP contribution in [0.3, 0.4) is 0 Å². The lowest BCUT2D eigenvalue weighted by atomic mass is 10.1. The summed E-state index contributed by atoms with van der Waals surface area (Å²) in [5, 5.41) is 0.673. The molecule has 0 aliphatic carbocycles. The third kappa shape index (κ3) is 3.47. The van der Waals surface area contributed by atoms with Gasteiger partial charge in [-0.05, 0) is 48.4 Å². The van der Waals surface area contributed by atoms with Crippen LogP contribution in [0.25, 0.3) is 0 Å². The van der Waals surface area contributed by atoms with Gasteiger partial charge in [-0.3, -0.25) is 0 Å². The third-order valence-corrected chi connectivity index (χ3v) is 2.91. The number of hydrogen-bond donors (Lipinski definition) is 0. The molecule has 1 nitrogen and oxygen atoms in total. The Morgan fingerprint density at radius 1 is 1.11 bits per heavy atom. The van der Waals surface area contributed by atoms with Crippen LogP contribution >= 0.6 is 11.6 Å². The average Bonchev–Trinajstić information content (AvgIpc) is 2.34. The molecule has 0 bridgehead atoms. The van der Waals surface area contributed by atoms with E-state index in [0.29, 0.717) is 23.6 Å². The highest BCUT2D eigenvalue weighted by molar-refractivity contribution is 6.30. The standard InChI is InChI=1S/C15H14ClFO/c1-11-2-3-12(15(17)10-11)8-9-18-14-6-4-13(16)5-7-14/h2-7,10H,8-9H2,1H3. The molecule has 0 aliphatic heterocycles. The van der Waals surface area contributed by atoms with Crippen molar-refractivity contribution >= 4 is 11.6 Å². The second kappa shape index (κ2) is 5.87. The van der Waals surface area contributed by atoms with Crippen LogP contribution in [0.1, 0.15) is 11.1 Å². The fraction of sp³-hybridized carbons (Fsp3) is 0.200. The van der Waals surface area contributed by atoms with E-state index >= 15 is 0 Å². The number of rotatable bonds is 4. The summed E-state index contributed by atoms with van der Waals surface area (Å²) >= 11 is 5.77. The van der Waals surface area contributed by atoms with Crippen LogP contribution in [0.15, 0.2) is 42.5 Å². The molecule has 0 amide bonds. The lowest BCUT2D eigenvalue weighted by molar-refractivity contribution is 0.320. The van der Waals surface area contributed by atoms with Crippen molar-refractivity contribution in [2.24, 2.45) is 0 Å². The first-order valence-corrected chi connectivity index (χ1v) is 6.16. The van der Waals surface area contributed by atoms with Crippen molar-refractivity contribution in [1.29, 1.82) is 0 Å². The van der Waals surface area contributed by atoms with Gasteiger partial charge in [-0.25, -0.2) is 4.39 Å². The van der Waals surface area contributed by atoms with Crippen molar-refractivity contribution in [3.05, 3.63) is 64.4 Å². The van der Waals surface area contributed by atoms with Gasteiger partial charge in [0.25, 0.3) is 0 Å². The van der Waals surface area contributed by atoms with Gasteiger partial charge in [0.2, 0.25) is 0 Å². The number of halogens is 2. The molecule has 0 spiro atoms. The van der Waals surface area contributed by atoms with Crippen LogP contribution in [0.4, 0.5) is 4.39 Å². The van der Waals surface area contributed by atoms with E-state index in [9.17, 15) is 4.39 Å². The highest BCUT2D eigenvalue weighted by atomic mass is 35.5. The zero-order valence-corrected chi connectivity index (χ0v) is 10.9. The fourth-order valence-corrected chi connectivity index (χ4v) is 1.79. The van der Waals surface area contributed by atoms with Crippen LogP contribution < -0.4 is 4.74 Å². The zero-order valence-electron chi connectivity index (χ0n) is 10.1. The molecule has 0 aliphatic rings. The molecule has 0 radical (unpaired) electrons. The Bertz CT molecular complexity index is 523. The average molecular weight is 265 g/mol. The van der Waals surface area contributed by atoms with Gasteiger partial charge in [0, 0.05) is 11.4 Å². The zero-order chi connectivity index (χ0) is 13.0. The predicted molar refractivity (Wildman–Crippen MR) is 71.8 cm³/mol. The Kier molecular flexibility index (Phi) is 4.21. The minimum absolute atomic E-state index is 0.172. The number of ether oxygens (including phenoxy) is 1. The predicted octanol–water partition coefficient (Wildman–Crippen LogP) is 4.41. The second-order valence-electron chi connectivity index (χ2n) is 4.15. The van der Waals surface area contributed by atoms with Crippen molar-refractivity contribution in [2.45, 2.75) is 13.3 Å². The van der Waals surface area contributed by atoms with Crippen molar-refractivity contribution in [1.82, 2.24) is 0 Å². The van der Waals surface area contributed by atoms with E-state index in [-0.39, 0.29) is 5.82 Å². The lowest BCUT2D eigenvalue weighted by Gasteiger charge is -2.07. The summed E-state index contributed by atoms with van der Waals surface area (Å²) in [5.41, 5.74) is 1.60. The van der Waals surface area contributed by atoms with Gasteiger partial charge in [0.05, 0.1) is 6.61 Å². The minimum atomic E-state index is -0.172. The Hall–Kier alpha value is -1.54. The quantitative estimate of drug-likeness (QED) is 0.795. The number of aryl methyl sites for hydroxylation is 1. The second-order valence-corrected chi connectivity index (χ2v) is 4.58. The first kappa shape index (κ1) is 12.9. The molecule has 0 aromatic heterocycles. The van der Waals surface area contributed by atoms with Gasteiger partial charge in [-0.1, -0.05) is 23.7 Å². The summed E-state index contributed by atoms with van der Waals surface area (Å²) in [5.74, 6) is 0.571. The van der Waals surface area contributed by atoms with E-state index in [1.54, 1.807) is 30.3 Å². The molecule has 0 heterocycles. The molecule has 2 aromatic carbocycles. The summed E-state index contributed by atoms with van der Waals surface area (Å²) in [6.45, 7) is 2.32. The maximum Gasteiger partial charge on any atom is 0.126 e. The monoisotopic (exact) mass is 264 g/mol. The van der Waals surface area contributed by atoms with E-state index in [0.717, 1.165) is 11.3 Å². The number of hydrogen-bond acceptors (Lipinski definition) is 1. The summed E-state index contributed by atoms with van der Waals surface area (Å²) in [6, 6.07) is 12.4. The van der Waals surface area contributed by atoms with Crippen molar-refractivity contribution in [3.8, 4) is 5.75 Å². The van der Waals surface area contributed by atoms with E-state index < -0.39 is 0 Å². The summed E-state index contributed by atoms with van der Waals surface area (Å²) in [4.78, 5) is 0. The Morgan fingerprint density at radius 3 is 2.50 bits per heavy atom. The molecule has 0 unspecified atom stereocenters. The van der Waals surface area contributed by atoms with Crippen LogP contribution in [0.2, 0.25) is 5.02 Å². The first-order chi connectivity index (χ1) is 8.65. The Morgan fingerprint density at radius 2 is 1.83 bits per heavy atom. The van der Waals surface area contributed by atoms with E-state index in [1.807, 2.05) is 13.0 Å². The van der Waals surface area contributed by atoms with E-state index in [4.69, 9.17) is 16.3 Å². The van der Waals surface area contributed by atoms with Crippen LogP contribution in [0.5, 0.6) is 5.75 Å². The lowest BCUT2D eigenvalue weighted by Crippen LogP contribution is -2.03. The molecule has 0 atom stereocenters. The summed E-state index contributed by atoms with van der Waals surface area (Å²) in [7, 11) is 0. The van der Waals surface area contributed by atoms with Gasteiger partial charge < -0.3 is 4.74 Å². The molecule has 0 fully saturated rings. The van der Waals surface area contributed by atoms with Gasteiger partial charge in [-0.15, -0.1) is 0 Å². The van der Waals surface area contributed by atoms with Gasteiger partial charge in [0.15, 0.2) is 0 Å². The number of benzene rings is 2. The Labute approximate surface area is 111 Å². The molecule has 2 rings (SSSR count). The minimum Gasteiger partial charge on any atom is -0.493 e. The van der Waals surface area contributed by atoms with Crippen molar-refractivity contribution in [3.63, 3.8) is 0 Å². The maximum absolute atomic E-state index is 13.6. The highest BCUT2D eigenvalue weighted by Gasteiger charge is 2.02. The topological polar surface area (TPSA) is 9.23 Å². The fourth-order valence-electron chi connectivity index (χ4n) is 1.66. The van der Waals surface area contributed by atoms with Crippen LogP contribution in [-0.4, -0.2) is 6.61 Å². The van der Waals surface area contributed by atoms with E-state index in [2.05, 4.69) is 0 Å². The molecule has 2 aromatic rings. The molecule has 0 saturated carbocycles. The van der Waals surface area contributed by atoms with E-state index in [1.165, 1.54) is 6.07 Å². The molecule has 0 saturated heterocycles. The van der Waals surface area contributed by atoms with Gasteiger partial charge >= 0.3 is 0 Å². The SMILES string of the molecule is Cc1ccc(CCOc2ccc(Cl)cc2)c(F)c1. The van der Waals surface area contributed by atoms with Gasteiger partial charge in [-0.2, -0.15) is 0 Å². The molecule has 0 N–H and O–H groups in total. The van der Waals surface area contributed by atoms with Crippen molar-refractivity contribution in [2.75, 3.05) is 6.61 Å². The molecular formula is C15H14ClFO. The third-order valence-electron chi connectivity index (χ3n) is 2.66. The first-order valence-electron chi connectivity index (χ1n) is 5.78. The maximum atomic E-state index is 13.6. The Balaban J connectivity index is 1.90. The normalized spacial score (nSPS) is 10.4. The van der Waals surface area contributed by atoms with Crippen LogP contribution in [0, 0.1) is 12.7 Å². The van der Waals surface area contributed by atoms with Crippen molar-refractivity contribution < 1.29 is 9.13 Å². The van der Waals surface area contributed by atoms with Crippen LogP contribution in [-0.2, 0) is 6.42 Å². The summed E-state index contributed by atoms with van der Waals surface area (Å²) in [6.07, 6.45) is 0.550. The summed E-state index contributed by atoms with van der Waals surface area (Å²) < 4.78 is 19.1.